The van der Waals surface area contributed by atoms with E-state index >= 15 is 0 Å². The Morgan fingerprint density at radius 3 is 2.63 bits per heavy atom. The van der Waals surface area contributed by atoms with Crippen LogP contribution in [0, 0.1) is 0 Å². The molecule has 0 amide bonds. The van der Waals surface area contributed by atoms with E-state index in [0.29, 0.717) is 5.95 Å². The van der Waals surface area contributed by atoms with Crippen molar-refractivity contribution in [1.29, 1.82) is 0 Å². The van der Waals surface area contributed by atoms with Gasteiger partial charge in [-0.15, -0.1) is 0 Å². The molecule has 4 rings (SSSR count). The predicted molar refractivity (Wildman–Crippen MR) is 110 cm³/mol. The van der Waals surface area contributed by atoms with Crippen molar-refractivity contribution in [3.8, 4) is 5.75 Å². The number of benzene rings is 2. The molecule has 0 radical (unpaired) electrons. The van der Waals surface area contributed by atoms with Crippen molar-refractivity contribution in [1.82, 2.24) is 9.97 Å². The fourth-order valence-corrected chi connectivity index (χ4v) is 3.64. The molecule has 0 saturated carbocycles. The third-order valence-corrected chi connectivity index (χ3v) is 5.06. The molecular weight excluding hydrogens is 338 g/mol. The first-order valence-electron chi connectivity index (χ1n) is 9.37. The molecule has 27 heavy (non-hydrogen) atoms. The Kier molecular flexibility index (Phi) is 4.58. The van der Waals surface area contributed by atoms with Crippen LogP contribution in [0.5, 0.6) is 5.75 Å². The third kappa shape index (κ3) is 3.53. The van der Waals surface area contributed by atoms with E-state index < -0.39 is 0 Å². The first kappa shape index (κ1) is 17.5. The van der Waals surface area contributed by atoms with E-state index in [4.69, 9.17) is 5.73 Å². The van der Waals surface area contributed by atoms with Crippen LogP contribution in [-0.4, -0.2) is 34.2 Å². The van der Waals surface area contributed by atoms with E-state index in [1.165, 1.54) is 5.69 Å². The van der Waals surface area contributed by atoms with E-state index in [2.05, 4.69) is 32.3 Å². The molecule has 0 bridgehead atoms. The van der Waals surface area contributed by atoms with Gasteiger partial charge in [0.2, 0.25) is 5.95 Å². The molecule has 1 aromatic heterocycles. The Labute approximate surface area is 159 Å². The molecule has 2 aromatic carbocycles. The molecule has 140 valence electrons. The molecular formula is C21H25N5O. The van der Waals surface area contributed by atoms with Crippen molar-refractivity contribution in [2.24, 2.45) is 5.73 Å². The quantitative estimate of drug-likeness (QED) is 0.654. The van der Waals surface area contributed by atoms with E-state index in [1.54, 1.807) is 12.3 Å². The normalized spacial score (nSPS) is 17.0. The number of aromatic nitrogens is 2. The summed E-state index contributed by atoms with van der Waals surface area (Å²) in [7, 11) is 0. The van der Waals surface area contributed by atoms with Gasteiger partial charge in [0, 0.05) is 47.7 Å². The largest absolute Gasteiger partial charge is 0.508 e. The van der Waals surface area contributed by atoms with Crippen LogP contribution in [0.15, 0.2) is 42.6 Å². The van der Waals surface area contributed by atoms with Gasteiger partial charge in [0.05, 0.1) is 5.52 Å². The zero-order valence-corrected chi connectivity index (χ0v) is 15.7. The smallest absolute Gasteiger partial charge is 0.227 e. The average molecular weight is 363 g/mol. The summed E-state index contributed by atoms with van der Waals surface area (Å²) < 4.78 is 0. The van der Waals surface area contributed by atoms with Crippen molar-refractivity contribution in [2.75, 3.05) is 23.3 Å². The summed E-state index contributed by atoms with van der Waals surface area (Å²) in [5, 5.41) is 14.4. The number of nitrogens with one attached hydrogen (secondary N) is 1. The summed E-state index contributed by atoms with van der Waals surface area (Å²) in [5.74, 6) is 0.962. The highest BCUT2D eigenvalue weighted by Gasteiger charge is 2.19. The maximum atomic E-state index is 10.2. The maximum Gasteiger partial charge on any atom is 0.227 e. The molecule has 0 spiro atoms. The lowest BCUT2D eigenvalue weighted by atomic mass is 9.99. The maximum absolute atomic E-state index is 10.2. The second-order valence-corrected chi connectivity index (χ2v) is 7.45. The van der Waals surface area contributed by atoms with Gasteiger partial charge in [0.25, 0.3) is 0 Å². The highest BCUT2D eigenvalue weighted by atomic mass is 16.3. The molecule has 0 aliphatic carbocycles. The molecule has 1 unspecified atom stereocenters. The summed E-state index contributed by atoms with van der Waals surface area (Å²) in [6, 6.07) is 12.0. The standard InChI is InChI=1S/C21H25N5O/c1-13(2)19-18(27)8-3-14-11-23-21(25-20(14)19)24-16-4-6-17(7-5-16)26-10-9-15(22)12-26/h3-8,11,13,15,27H,9-10,12,22H2,1-2H3,(H,23,24,25). The zero-order chi connectivity index (χ0) is 19.0. The fourth-order valence-electron chi connectivity index (χ4n) is 3.64. The third-order valence-electron chi connectivity index (χ3n) is 5.06. The van der Waals surface area contributed by atoms with Gasteiger partial charge in [0.15, 0.2) is 0 Å². The average Bonchev–Trinajstić information content (AvgIpc) is 3.08. The van der Waals surface area contributed by atoms with Gasteiger partial charge in [-0.05, 0) is 48.7 Å². The van der Waals surface area contributed by atoms with Crippen LogP contribution in [0.4, 0.5) is 17.3 Å². The molecule has 4 N–H and O–H groups in total. The number of hydrogen-bond acceptors (Lipinski definition) is 6. The number of phenols is 1. The summed E-state index contributed by atoms with van der Waals surface area (Å²) in [6.45, 7) is 6.00. The van der Waals surface area contributed by atoms with Crippen LogP contribution in [0.2, 0.25) is 0 Å². The first-order valence-corrected chi connectivity index (χ1v) is 9.37. The number of rotatable bonds is 4. The number of nitrogens with zero attached hydrogens (tertiary/aromatic N) is 3. The van der Waals surface area contributed by atoms with Gasteiger partial charge in [0.1, 0.15) is 5.75 Å². The van der Waals surface area contributed by atoms with Crippen molar-refractivity contribution in [3.05, 3.63) is 48.2 Å². The van der Waals surface area contributed by atoms with E-state index in [1.807, 2.05) is 32.0 Å². The molecule has 1 aliphatic rings. The number of aromatic hydroxyl groups is 1. The molecule has 3 aromatic rings. The minimum Gasteiger partial charge on any atom is -0.508 e. The van der Waals surface area contributed by atoms with Crippen LogP contribution >= 0.6 is 0 Å². The van der Waals surface area contributed by atoms with Crippen LogP contribution in [0.3, 0.4) is 0 Å². The van der Waals surface area contributed by atoms with E-state index in [0.717, 1.165) is 41.7 Å². The van der Waals surface area contributed by atoms with Crippen LogP contribution < -0.4 is 16.0 Å². The Hall–Kier alpha value is -2.86. The fraction of sp³-hybridized carbons (Fsp3) is 0.333. The summed E-state index contributed by atoms with van der Waals surface area (Å²) in [6.07, 6.45) is 2.83. The Bertz CT molecular complexity index is 955. The monoisotopic (exact) mass is 363 g/mol. The minimum absolute atomic E-state index is 0.169. The second kappa shape index (κ2) is 7.04. The molecule has 1 saturated heterocycles. The van der Waals surface area contributed by atoms with Crippen LogP contribution in [0.1, 0.15) is 31.7 Å². The van der Waals surface area contributed by atoms with Gasteiger partial charge in [-0.1, -0.05) is 13.8 Å². The lowest BCUT2D eigenvalue weighted by Gasteiger charge is -2.18. The highest BCUT2D eigenvalue weighted by Crippen LogP contribution is 2.32. The molecule has 2 heterocycles. The second-order valence-electron chi connectivity index (χ2n) is 7.45. The summed E-state index contributed by atoms with van der Waals surface area (Å²) in [5.41, 5.74) is 9.73. The molecule has 6 heteroatoms. The summed E-state index contributed by atoms with van der Waals surface area (Å²) in [4.78, 5) is 11.4. The Morgan fingerprint density at radius 2 is 1.96 bits per heavy atom. The highest BCUT2D eigenvalue weighted by molar-refractivity contribution is 5.85. The lowest BCUT2D eigenvalue weighted by molar-refractivity contribution is 0.466. The van der Waals surface area contributed by atoms with Crippen LogP contribution in [0.25, 0.3) is 10.9 Å². The van der Waals surface area contributed by atoms with Crippen molar-refractivity contribution >= 4 is 28.2 Å². The van der Waals surface area contributed by atoms with Gasteiger partial charge in [-0.25, -0.2) is 9.97 Å². The number of nitrogens with two attached hydrogens (primary N) is 1. The van der Waals surface area contributed by atoms with E-state index in [-0.39, 0.29) is 17.7 Å². The van der Waals surface area contributed by atoms with Crippen molar-refractivity contribution < 1.29 is 5.11 Å². The Morgan fingerprint density at radius 1 is 1.19 bits per heavy atom. The van der Waals surface area contributed by atoms with Gasteiger partial charge >= 0.3 is 0 Å². The molecule has 1 aliphatic heterocycles. The van der Waals surface area contributed by atoms with Gasteiger partial charge < -0.3 is 21.1 Å². The number of phenolic OH excluding ortho intramolecular Hbond substituents is 1. The van der Waals surface area contributed by atoms with E-state index in [9.17, 15) is 5.11 Å². The molecule has 1 atom stereocenters. The lowest BCUT2D eigenvalue weighted by Crippen LogP contribution is -2.26. The number of hydrogen-bond donors (Lipinski definition) is 3. The SMILES string of the molecule is CC(C)c1c(O)ccc2cnc(Nc3ccc(N4CCC(N)C4)cc3)nc12. The first-order chi connectivity index (χ1) is 13.0. The van der Waals surface area contributed by atoms with Gasteiger partial charge in [-0.3, -0.25) is 0 Å². The van der Waals surface area contributed by atoms with Crippen LogP contribution in [-0.2, 0) is 0 Å². The van der Waals surface area contributed by atoms with Gasteiger partial charge in [-0.2, -0.15) is 0 Å². The molecule has 6 nitrogen and oxygen atoms in total. The zero-order valence-electron chi connectivity index (χ0n) is 15.7. The summed E-state index contributed by atoms with van der Waals surface area (Å²) >= 11 is 0. The van der Waals surface area contributed by atoms with Crippen molar-refractivity contribution in [2.45, 2.75) is 32.2 Å². The minimum atomic E-state index is 0.169. The van der Waals surface area contributed by atoms with Crippen molar-refractivity contribution in [3.63, 3.8) is 0 Å². The Balaban J connectivity index is 1.59. The topological polar surface area (TPSA) is 87.3 Å². The number of anilines is 3. The molecule has 1 fully saturated rings. The predicted octanol–water partition coefficient (Wildman–Crippen LogP) is 3.74. The number of fused-ring (bicyclic) bond motifs is 1.